The van der Waals surface area contributed by atoms with E-state index >= 15 is 0 Å². The van der Waals surface area contributed by atoms with Crippen LogP contribution in [-0.4, -0.2) is 12.9 Å². The Morgan fingerprint density at radius 3 is 2.29 bits per heavy atom. The molecule has 0 aliphatic heterocycles. The van der Waals surface area contributed by atoms with Gasteiger partial charge in [0.2, 0.25) is 8.32 Å². The summed E-state index contributed by atoms with van der Waals surface area (Å²) in [5, 5.41) is 1.27. The first kappa shape index (κ1) is 16.6. The molecule has 0 unspecified atom stereocenters. The summed E-state index contributed by atoms with van der Waals surface area (Å²) in [6.45, 7) is 13.8. The quantitative estimate of drug-likeness (QED) is 0.423. The van der Waals surface area contributed by atoms with Gasteiger partial charge in [-0.2, -0.15) is 0 Å². The van der Waals surface area contributed by atoms with Gasteiger partial charge < -0.3 is 8.99 Å². The molecule has 1 aromatic heterocycles. The number of para-hydroxylation sites is 1. The number of benzene rings is 2. The Balaban J connectivity index is 2.14. The minimum Gasteiger partial charge on any atom is -0.543 e. The molecule has 1 heterocycles. The summed E-state index contributed by atoms with van der Waals surface area (Å²) in [5.74, 6) is 0.791. The van der Waals surface area contributed by atoms with Crippen LogP contribution in [0.15, 0.2) is 61.2 Å². The molecule has 0 saturated carbocycles. The molecular formula is C21H25NOSi. The molecule has 24 heavy (non-hydrogen) atoms. The molecule has 0 bridgehead atoms. The van der Waals surface area contributed by atoms with E-state index in [9.17, 15) is 0 Å². The van der Waals surface area contributed by atoms with Crippen LogP contribution in [0.5, 0.6) is 0 Å². The maximum absolute atomic E-state index is 6.24. The number of aromatic nitrogens is 1. The lowest BCUT2D eigenvalue weighted by molar-refractivity contribution is 0.508. The van der Waals surface area contributed by atoms with E-state index in [0.717, 1.165) is 18.0 Å². The van der Waals surface area contributed by atoms with Crippen LogP contribution >= 0.6 is 0 Å². The van der Waals surface area contributed by atoms with Crippen LogP contribution in [0.1, 0.15) is 16.8 Å². The highest BCUT2D eigenvalue weighted by Crippen LogP contribution is 2.32. The fraction of sp³-hybridized carbons (Fsp3) is 0.238. The lowest BCUT2D eigenvalue weighted by Gasteiger charge is -2.23. The van der Waals surface area contributed by atoms with Crippen LogP contribution in [0.3, 0.4) is 0 Å². The van der Waals surface area contributed by atoms with Crippen molar-refractivity contribution in [2.75, 3.05) is 0 Å². The zero-order valence-corrected chi connectivity index (χ0v) is 16.0. The van der Waals surface area contributed by atoms with E-state index in [1.807, 2.05) is 0 Å². The van der Waals surface area contributed by atoms with Crippen molar-refractivity contribution in [1.82, 2.24) is 4.57 Å². The van der Waals surface area contributed by atoms with E-state index in [1.165, 1.54) is 22.0 Å². The normalized spacial score (nSPS) is 11.7. The van der Waals surface area contributed by atoms with Gasteiger partial charge in [-0.3, -0.25) is 0 Å². The van der Waals surface area contributed by atoms with E-state index in [-0.39, 0.29) is 0 Å². The second kappa shape index (κ2) is 6.33. The molecule has 2 nitrogen and oxygen atoms in total. The summed E-state index contributed by atoms with van der Waals surface area (Å²) in [4.78, 5) is 0. The highest BCUT2D eigenvalue weighted by molar-refractivity contribution is 6.70. The predicted octanol–water partition coefficient (Wildman–Crippen LogP) is 5.82. The lowest BCUT2D eigenvalue weighted by atomic mass is 10.1. The molecule has 0 aliphatic carbocycles. The van der Waals surface area contributed by atoms with E-state index in [0.29, 0.717) is 0 Å². The standard InChI is InChI=1S/C21H25NOSi/c1-16-19-13-9-10-14-20(19)22(15-18-11-7-6-8-12-18)21(16)17(2)23-24(3,4)5/h6-14H,2,15H2,1,3-5H3. The maximum Gasteiger partial charge on any atom is 0.242 e. The maximum atomic E-state index is 6.24. The average Bonchev–Trinajstić information content (AvgIpc) is 2.80. The molecule has 3 rings (SSSR count). The fourth-order valence-corrected chi connectivity index (χ4v) is 4.02. The number of hydrogen-bond donors (Lipinski definition) is 0. The van der Waals surface area contributed by atoms with Gasteiger partial charge in [0.25, 0.3) is 0 Å². The average molecular weight is 336 g/mol. The van der Waals surface area contributed by atoms with Crippen molar-refractivity contribution in [3.05, 3.63) is 78.0 Å². The number of hydrogen-bond acceptors (Lipinski definition) is 1. The third kappa shape index (κ3) is 3.31. The summed E-state index contributed by atoms with van der Waals surface area (Å²) >= 11 is 0. The fourth-order valence-electron chi connectivity index (χ4n) is 3.18. The summed E-state index contributed by atoms with van der Waals surface area (Å²) < 4.78 is 8.57. The largest absolute Gasteiger partial charge is 0.543 e. The van der Waals surface area contributed by atoms with Crippen LogP contribution in [0.2, 0.25) is 19.6 Å². The number of aryl methyl sites for hydroxylation is 1. The Labute approximate surface area is 145 Å². The molecule has 0 amide bonds. The summed E-state index contributed by atoms with van der Waals surface area (Å²) in [6, 6.07) is 19.1. The van der Waals surface area contributed by atoms with Crippen LogP contribution in [-0.2, 0) is 11.0 Å². The van der Waals surface area contributed by atoms with Crippen LogP contribution in [0.25, 0.3) is 16.7 Å². The molecule has 0 N–H and O–H groups in total. The zero-order valence-electron chi connectivity index (χ0n) is 15.0. The van der Waals surface area contributed by atoms with Gasteiger partial charge in [0.05, 0.1) is 5.69 Å². The van der Waals surface area contributed by atoms with Crippen LogP contribution < -0.4 is 0 Å². The van der Waals surface area contributed by atoms with E-state index in [1.54, 1.807) is 0 Å². The summed E-state index contributed by atoms with van der Waals surface area (Å²) in [6.07, 6.45) is 0. The Hall–Kier alpha value is -2.26. The number of fused-ring (bicyclic) bond motifs is 1. The predicted molar refractivity (Wildman–Crippen MR) is 106 cm³/mol. The van der Waals surface area contributed by atoms with Crippen LogP contribution in [0, 0.1) is 6.92 Å². The highest BCUT2D eigenvalue weighted by atomic mass is 28.4. The van der Waals surface area contributed by atoms with Gasteiger partial charge >= 0.3 is 0 Å². The van der Waals surface area contributed by atoms with Gasteiger partial charge in [0.15, 0.2) is 0 Å². The van der Waals surface area contributed by atoms with Crippen molar-refractivity contribution >= 4 is 25.0 Å². The van der Waals surface area contributed by atoms with Crippen molar-refractivity contribution in [1.29, 1.82) is 0 Å². The van der Waals surface area contributed by atoms with Crippen molar-refractivity contribution in [2.24, 2.45) is 0 Å². The monoisotopic (exact) mass is 335 g/mol. The molecule has 2 aromatic carbocycles. The van der Waals surface area contributed by atoms with E-state index in [2.05, 4.69) is 92.3 Å². The minimum atomic E-state index is -1.70. The molecular weight excluding hydrogens is 310 g/mol. The first-order chi connectivity index (χ1) is 11.4. The highest BCUT2D eigenvalue weighted by Gasteiger charge is 2.22. The number of rotatable bonds is 5. The Kier molecular flexibility index (Phi) is 4.37. The molecule has 0 radical (unpaired) electrons. The Bertz CT molecular complexity index is 872. The van der Waals surface area contributed by atoms with Gasteiger partial charge in [0.1, 0.15) is 5.76 Å². The van der Waals surface area contributed by atoms with E-state index < -0.39 is 8.32 Å². The van der Waals surface area contributed by atoms with Gasteiger partial charge in [-0.1, -0.05) is 55.1 Å². The topological polar surface area (TPSA) is 14.2 Å². The van der Waals surface area contributed by atoms with Crippen molar-refractivity contribution in [3.8, 4) is 0 Å². The molecule has 124 valence electrons. The SMILES string of the molecule is C=C(O[Si](C)(C)C)c1c(C)c2ccccc2n1Cc1ccccc1. The third-order valence-corrected chi connectivity index (χ3v) is 4.96. The van der Waals surface area contributed by atoms with Crippen molar-refractivity contribution in [2.45, 2.75) is 33.1 Å². The lowest BCUT2D eigenvalue weighted by Crippen LogP contribution is -2.25. The van der Waals surface area contributed by atoms with Crippen molar-refractivity contribution in [3.63, 3.8) is 0 Å². The molecule has 0 saturated heterocycles. The Morgan fingerprint density at radius 1 is 1.00 bits per heavy atom. The van der Waals surface area contributed by atoms with Gasteiger partial charge in [0, 0.05) is 17.4 Å². The summed E-state index contributed by atoms with van der Waals surface area (Å²) in [5.41, 5.74) is 4.86. The van der Waals surface area contributed by atoms with Gasteiger partial charge in [-0.25, -0.2) is 0 Å². The smallest absolute Gasteiger partial charge is 0.242 e. The molecule has 3 aromatic rings. The second-order valence-corrected chi connectivity index (χ2v) is 11.6. The molecule has 0 atom stereocenters. The summed E-state index contributed by atoms with van der Waals surface area (Å²) in [7, 11) is -1.70. The third-order valence-electron chi connectivity index (χ3n) is 4.10. The molecule has 0 spiro atoms. The van der Waals surface area contributed by atoms with Gasteiger partial charge in [-0.15, -0.1) is 0 Å². The zero-order chi connectivity index (χ0) is 17.3. The van der Waals surface area contributed by atoms with Gasteiger partial charge in [-0.05, 0) is 43.8 Å². The van der Waals surface area contributed by atoms with Crippen LogP contribution in [0.4, 0.5) is 0 Å². The molecule has 0 fully saturated rings. The second-order valence-electron chi connectivity index (χ2n) is 7.20. The molecule has 3 heteroatoms. The first-order valence-corrected chi connectivity index (χ1v) is 11.8. The van der Waals surface area contributed by atoms with E-state index in [4.69, 9.17) is 4.43 Å². The molecule has 0 aliphatic rings. The number of nitrogens with zero attached hydrogens (tertiary/aromatic N) is 1. The Morgan fingerprint density at radius 2 is 1.62 bits per heavy atom. The minimum absolute atomic E-state index is 0.791. The first-order valence-electron chi connectivity index (χ1n) is 8.37. The van der Waals surface area contributed by atoms with Crippen molar-refractivity contribution < 1.29 is 4.43 Å².